The molecule has 3 nitrogen and oxygen atoms in total. The molecule has 1 heterocycles. The summed E-state index contributed by atoms with van der Waals surface area (Å²) in [6.45, 7) is 7.84. The van der Waals surface area contributed by atoms with Crippen LogP contribution in [0.2, 0.25) is 0 Å². The van der Waals surface area contributed by atoms with E-state index in [4.69, 9.17) is 0 Å². The third-order valence-electron chi connectivity index (χ3n) is 2.03. The molecule has 0 aliphatic carbocycles. The summed E-state index contributed by atoms with van der Waals surface area (Å²) < 4.78 is 1.95. The molecule has 15 heavy (non-hydrogen) atoms. The number of nitrogens with one attached hydrogen (secondary N) is 1. The van der Waals surface area contributed by atoms with Crippen LogP contribution in [-0.2, 0) is 13.1 Å². The summed E-state index contributed by atoms with van der Waals surface area (Å²) in [7, 11) is 0. The largest absolute Gasteiger partial charge is 0.309 e. The van der Waals surface area contributed by atoms with Crippen LogP contribution in [0.15, 0.2) is 12.3 Å². The molecule has 82 valence electrons. The summed E-state index contributed by atoms with van der Waals surface area (Å²) in [5.41, 5.74) is 1.09. The molecule has 0 aliphatic rings. The Hall–Kier alpha value is -1.27. The lowest BCUT2D eigenvalue weighted by Gasteiger charge is -2.04. The van der Waals surface area contributed by atoms with E-state index in [-0.39, 0.29) is 0 Å². The quantitative estimate of drug-likeness (QED) is 0.743. The van der Waals surface area contributed by atoms with Gasteiger partial charge in [0.2, 0.25) is 0 Å². The number of rotatable bonds is 5. The van der Waals surface area contributed by atoms with Crippen molar-refractivity contribution < 1.29 is 0 Å². The average molecular weight is 205 g/mol. The lowest BCUT2D eigenvalue weighted by atomic mass is 10.3. The third-order valence-corrected chi connectivity index (χ3v) is 2.03. The summed E-state index contributed by atoms with van der Waals surface area (Å²) in [5, 5.41) is 7.78. The van der Waals surface area contributed by atoms with Crippen molar-refractivity contribution in [3.8, 4) is 11.8 Å². The number of hydrogen-bond donors (Lipinski definition) is 1. The Kier molecular flexibility index (Phi) is 4.92. The number of hydrogen-bond acceptors (Lipinski definition) is 2. The lowest BCUT2D eigenvalue weighted by molar-refractivity contribution is 0.562. The van der Waals surface area contributed by atoms with Crippen molar-refractivity contribution in [3.63, 3.8) is 0 Å². The molecule has 0 bridgehead atoms. The van der Waals surface area contributed by atoms with Gasteiger partial charge in [0.25, 0.3) is 0 Å². The van der Waals surface area contributed by atoms with Gasteiger partial charge in [-0.3, -0.25) is 4.68 Å². The molecule has 1 aromatic heterocycles. The Morgan fingerprint density at radius 3 is 3.00 bits per heavy atom. The highest BCUT2D eigenvalue weighted by atomic mass is 15.3. The van der Waals surface area contributed by atoms with Crippen LogP contribution in [-0.4, -0.2) is 15.8 Å². The molecule has 0 spiro atoms. The molecule has 1 N–H and O–H groups in total. The van der Waals surface area contributed by atoms with Crippen molar-refractivity contribution in [1.29, 1.82) is 0 Å². The van der Waals surface area contributed by atoms with Gasteiger partial charge in [0.1, 0.15) is 0 Å². The molecule has 0 atom stereocenters. The predicted octanol–water partition coefficient (Wildman–Crippen LogP) is 1.79. The zero-order valence-electron chi connectivity index (χ0n) is 9.75. The molecule has 0 unspecified atom stereocenters. The van der Waals surface area contributed by atoms with Crippen LogP contribution in [0, 0.1) is 11.8 Å². The second kappa shape index (κ2) is 6.26. The van der Waals surface area contributed by atoms with E-state index >= 15 is 0 Å². The second-order valence-corrected chi connectivity index (χ2v) is 3.78. The van der Waals surface area contributed by atoms with Crippen molar-refractivity contribution in [2.75, 3.05) is 0 Å². The summed E-state index contributed by atoms with van der Waals surface area (Å²) in [6, 6.07) is 2.55. The molecule has 0 saturated heterocycles. The number of nitrogens with zero attached hydrogens (tertiary/aromatic N) is 2. The first-order valence-electron chi connectivity index (χ1n) is 5.37. The van der Waals surface area contributed by atoms with Crippen molar-refractivity contribution >= 4 is 0 Å². The second-order valence-electron chi connectivity index (χ2n) is 3.78. The average Bonchev–Trinajstić information content (AvgIpc) is 2.63. The van der Waals surface area contributed by atoms with Crippen LogP contribution in [0.25, 0.3) is 0 Å². The Morgan fingerprint density at radius 2 is 2.33 bits per heavy atom. The standard InChI is InChI=1S/C12H19N3/c1-4-5-6-8-15-9-7-12(14-15)10-13-11(2)3/h7,9,11,13H,6,8,10H2,1-3H3. The van der Waals surface area contributed by atoms with Crippen molar-refractivity contribution in [2.45, 2.75) is 46.3 Å². The molecule has 0 aromatic carbocycles. The molecule has 1 aromatic rings. The predicted molar refractivity (Wildman–Crippen MR) is 62.3 cm³/mol. The highest BCUT2D eigenvalue weighted by Crippen LogP contribution is 1.97. The van der Waals surface area contributed by atoms with E-state index in [2.05, 4.69) is 42.2 Å². The van der Waals surface area contributed by atoms with Crippen LogP contribution < -0.4 is 5.32 Å². The van der Waals surface area contributed by atoms with E-state index in [0.717, 1.165) is 25.2 Å². The Balaban J connectivity index is 2.37. The van der Waals surface area contributed by atoms with E-state index in [1.54, 1.807) is 0 Å². The van der Waals surface area contributed by atoms with Gasteiger partial charge < -0.3 is 5.32 Å². The molecular formula is C12H19N3. The summed E-state index contributed by atoms with van der Waals surface area (Å²) in [5.74, 6) is 5.91. The zero-order valence-corrected chi connectivity index (χ0v) is 9.75. The van der Waals surface area contributed by atoms with E-state index < -0.39 is 0 Å². The Morgan fingerprint density at radius 1 is 1.53 bits per heavy atom. The topological polar surface area (TPSA) is 29.9 Å². The van der Waals surface area contributed by atoms with E-state index in [1.165, 1.54) is 0 Å². The van der Waals surface area contributed by atoms with Crippen LogP contribution >= 0.6 is 0 Å². The minimum Gasteiger partial charge on any atom is -0.309 e. The maximum atomic E-state index is 4.44. The molecule has 0 radical (unpaired) electrons. The summed E-state index contributed by atoms with van der Waals surface area (Å²) >= 11 is 0. The minimum atomic E-state index is 0.501. The fraction of sp³-hybridized carbons (Fsp3) is 0.583. The van der Waals surface area contributed by atoms with Gasteiger partial charge >= 0.3 is 0 Å². The monoisotopic (exact) mass is 205 g/mol. The first-order chi connectivity index (χ1) is 7.22. The van der Waals surface area contributed by atoms with E-state index in [9.17, 15) is 0 Å². The van der Waals surface area contributed by atoms with Crippen molar-refractivity contribution in [3.05, 3.63) is 18.0 Å². The van der Waals surface area contributed by atoms with Crippen LogP contribution in [0.4, 0.5) is 0 Å². The Labute approximate surface area is 91.9 Å². The highest BCUT2D eigenvalue weighted by Gasteiger charge is 1.99. The number of aromatic nitrogens is 2. The molecule has 3 heteroatoms. The van der Waals surface area contributed by atoms with Crippen LogP contribution in [0.3, 0.4) is 0 Å². The third kappa shape index (κ3) is 4.66. The van der Waals surface area contributed by atoms with Gasteiger partial charge in [-0.1, -0.05) is 13.8 Å². The first kappa shape index (κ1) is 11.8. The van der Waals surface area contributed by atoms with E-state index in [1.807, 2.05) is 17.8 Å². The van der Waals surface area contributed by atoms with Crippen molar-refractivity contribution in [2.24, 2.45) is 0 Å². The summed E-state index contributed by atoms with van der Waals surface area (Å²) in [6.07, 6.45) is 2.88. The van der Waals surface area contributed by atoms with E-state index in [0.29, 0.717) is 6.04 Å². The SMILES string of the molecule is CC#CCCn1ccc(CNC(C)C)n1. The maximum absolute atomic E-state index is 4.44. The number of aryl methyl sites for hydroxylation is 1. The fourth-order valence-electron chi connectivity index (χ4n) is 1.23. The van der Waals surface area contributed by atoms with Gasteiger partial charge in [-0.15, -0.1) is 11.8 Å². The first-order valence-corrected chi connectivity index (χ1v) is 5.37. The molecular weight excluding hydrogens is 186 g/mol. The summed E-state index contributed by atoms with van der Waals surface area (Å²) in [4.78, 5) is 0. The van der Waals surface area contributed by atoms with Crippen molar-refractivity contribution in [1.82, 2.24) is 15.1 Å². The van der Waals surface area contributed by atoms with Gasteiger partial charge in [-0.25, -0.2) is 0 Å². The Bertz CT molecular complexity index is 341. The van der Waals surface area contributed by atoms with Gasteiger partial charge in [-0.05, 0) is 13.0 Å². The lowest BCUT2D eigenvalue weighted by Crippen LogP contribution is -2.22. The maximum Gasteiger partial charge on any atom is 0.0762 e. The van der Waals surface area contributed by atoms with Gasteiger partial charge in [0, 0.05) is 25.2 Å². The normalized spacial score (nSPS) is 10.1. The molecule has 1 rings (SSSR count). The molecule has 0 fully saturated rings. The van der Waals surface area contributed by atoms with Crippen LogP contribution in [0.5, 0.6) is 0 Å². The van der Waals surface area contributed by atoms with Gasteiger partial charge in [0.15, 0.2) is 0 Å². The molecule has 0 aliphatic heterocycles. The van der Waals surface area contributed by atoms with Gasteiger partial charge in [0.05, 0.1) is 12.2 Å². The minimum absolute atomic E-state index is 0.501. The zero-order chi connectivity index (χ0) is 11.1. The smallest absolute Gasteiger partial charge is 0.0762 e. The van der Waals surface area contributed by atoms with Gasteiger partial charge in [-0.2, -0.15) is 5.10 Å². The molecule has 0 amide bonds. The fourth-order valence-corrected chi connectivity index (χ4v) is 1.23. The molecule has 0 saturated carbocycles. The van der Waals surface area contributed by atoms with Crippen LogP contribution in [0.1, 0.15) is 32.9 Å². The highest BCUT2D eigenvalue weighted by molar-refractivity contribution is 5.00.